The molecule has 1 heterocycles. The fourth-order valence-electron chi connectivity index (χ4n) is 1.34. The zero-order chi connectivity index (χ0) is 11.5. The van der Waals surface area contributed by atoms with Gasteiger partial charge in [0.15, 0.2) is 0 Å². The van der Waals surface area contributed by atoms with Crippen LogP contribution in [0.2, 0.25) is 0 Å². The third-order valence-electron chi connectivity index (χ3n) is 2.28. The third kappa shape index (κ3) is 1.93. The van der Waals surface area contributed by atoms with Gasteiger partial charge < -0.3 is 5.11 Å². The first-order valence-corrected chi connectivity index (χ1v) is 4.95. The van der Waals surface area contributed by atoms with Crippen molar-refractivity contribution in [2.24, 2.45) is 0 Å². The average molecular weight is 217 g/mol. The van der Waals surface area contributed by atoms with E-state index in [0.717, 1.165) is 17.8 Å². The molecule has 5 nitrogen and oxygen atoms in total. The van der Waals surface area contributed by atoms with Crippen molar-refractivity contribution in [2.75, 3.05) is 0 Å². The molecule has 2 aromatic rings. The van der Waals surface area contributed by atoms with Crippen LogP contribution in [0.5, 0.6) is 0 Å². The number of aromatic carboxylic acids is 1. The number of carbonyl (C=O) groups is 1. The summed E-state index contributed by atoms with van der Waals surface area (Å²) >= 11 is 0. The van der Waals surface area contributed by atoms with E-state index < -0.39 is 5.97 Å². The summed E-state index contributed by atoms with van der Waals surface area (Å²) in [4.78, 5) is 10.7. The minimum atomic E-state index is -0.931. The molecule has 82 valence electrons. The molecule has 0 amide bonds. The van der Waals surface area contributed by atoms with Gasteiger partial charge in [-0.3, -0.25) is 0 Å². The number of rotatable bonds is 3. The van der Waals surface area contributed by atoms with Crippen LogP contribution in [0.4, 0.5) is 0 Å². The molecule has 1 aromatic carbocycles. The maximum Gasteiger partial charge on any atom is 0.335 e. The number of carboxylic acid groups (broad SMARTS) is 1. The Morgan fingerprint density at radius 1 is 1.38 bits per heavy atom. The van der Waals surface area contributed by atoms with Crippen molar-refractivity contribution in [2.45, 2.75) is 13.3 Å². The molecule has 0 fully saturated rings. The van der Waals surface area contributed by atoms with Crippen molar-refractivity contribution >= 4 is 5.97 Å². The Labute approximate surface area is 92.3 Å². The van der Waals surface area contributed by atoms with E-state index in [9.17, 15) is 4.79 Å². The molecule has 0 aliphatic rings. The largest absolute Gasteiger partial charge is 0.478 e. The number of benzene rings is 1. The Bertz CT molecular complexity index is 502. The minimum absolute atomic E-state index is 0.264. The van der Waals surface area contributed by atoms with Crippen LogP contribution in [0.25, 0.3) is 5.69 Å². The molecule has 0 atom stereocenters. The predicted octanol–water partition coefficient (Wildman–Crippen LogP) is 1.53. The van der Waals surface area contributed by atoms with Crippen LogP contribution >= 0.6 is 0 Å². The fourth-order valence-corrected chi connectivity index (χ4v) is 1.34. The van der Waals surface area contributed by atoms with Gasteiger partial charge in [0.25, 0.3) is 0 Å². The number of aromatic nitrogens is 3. The Kier molecular flexibility index (Phi) is 2.68. The normalized spacial score (nSPS) is 10.3. The first kappa shape index (κ1) is 10.4. The van der Waals surface area contributed by atoms with Gasteiger partial charge in [0.2, 0.25) is 0 Å². The lowest BCUT2D eigenvalue weighted by atomic mass is 10.2. The lowest BCUT2D eigenvalue weighted by molar-refractivity contribution is 0.0697. The van der Waals surface area contributed by atoms with Crippen molar-refractivity contribution < 1.29 is 9.90 Å². The summed E-state index contributed by atoms with van der Waals surface area (Å²) < 4.78 is 1.63. The van der Waals surface area contributed by atoms with Gasteiger partial charge in [-0.1, -0.05) is 12.1 Å². The van der Waals surface area contributed by atoms with Crippen LogP contribution in [-0.4, -0.2) is 26.1 Å². The van der Waals surface area contributed by atoms with Gasteiger partial charge in [0.05, 0.1) is 23.1 Å². The highest BCUT2D eigenvalue weighted by atomic mass is 16.4. The average Bonchev–Trinajstić information content (AvgIpc) is 2.77. The molecule has 0 unspecified atom stereocenters. The second-order valence-corrected chi connectivity index (χ2v) is 3.36. The van der Waals surface area contributed by atoms with E-state index in [1.807, 2.05) is 13.1 Å². The maximum atomic E-state index is 10.7. The fraction of sp³-hybridized carbons (Fsp3) is 0.182. The van der Waals surface area contributed by atoms with Gasteiger partial charge in [-0.25, -0.2) is 9.48 Å². The van der Waals surface area contributed by atoms with E-state index in [4.69, 9.17) is 5.11 Å². The SMILES string of the molecule is CCc1cn(-c2ccc(C(=O)O)cc2)nn1. The molecule has 16 heavy (non-hydrogen) atoms. The highest BCUT2D eigenvalue weighted by Crippen LogP contribution is 2.09. The lowest BCUT2D eigenvalue weighted by Gasteiger charge is -1.99. The lowest BCUT2D eigenvalue weighted by Crippen LogP contribution is -1.98. The van der Waals surface area contributed by atoms with E-state index in [1.54, 1.807) is 28.9 Å². The Hall–Kier alpha value is -2.17. The van der Waals surface area contributed by atoms with Gasteiger partial charge in [0, 0.05) is 0 Å². The summed E-state index contributed by atoms with van der Waals surface area (Å²) in [5.41, 5.74) is 1.97. The first-order chi connectivity index (χ1) is 7.70. The number of carboxylic acids is 1. The molecule has 2 rings (SSSR count). The zero-order valence-corrected chi connectivity index (χ0v) is 8.79. The van der Waals surface area contributed by atoms with E-state index >= 15 is 0 Å². The van der Waals surface area contributed by atoms with Crippen LogP contribution in [0.3, 0.4) is 0 Å². The molecule has 0 bridgehead atoms. The summed E-state index contributed by atoms with van der Waals surface area (Å²) in [7, 11) is 0. The number of aryl methyl sites for hydroxylation is 1. The van der Waals surface area contributed by atoms with Gasteiger partial charge >= 0.3 is 5.97 Å². The summed E-state index contributed by atoms with van der Waals surface area (Å²) in [5.74, 6) is -0.931. The molecule has 5 heteroatoms. The Morgan fingerprint density at radius 3 is 2.56 bits per heavy atom. The molecular weight excluding hydrogens is 206 g/mol. The Balaban J connectivity index is 2.30. The van der Waals surface area contributed by atoms with Gasteiger partial charge in [-0.05, 0) is 30.7 Å². The Morgan fingerprint density at radius 2 is 2.06 bits per heavy atom. The highest BCUT2D eigenvalue weighted by molar-refractivity contribution is 5.87. The molecule has 0 saturated heterocycles. The second-order valence-electron chi connectivity index (χ2n) is 3.36. The molecule has 1 N–H and O–H groups in total. The quantitative estimate of drug-likeness (QED) is 0.846. The molecule has 0 spiro atoms. The van der Waals surface area contributed by atoms with Gasteiger partial charge in [-0.15, -0.1) is 5.10 Å². The van der Waals surface area contributed by atoms with Crippen molar-refractivity contribution in [1.82, 2.24) is 15.0 Å². The molecule has 0 aliphatic heterocycles. The van der Waals surface area contributed by atoms with Crippen LogP contribution < -0.4 is 0 Å². The molecule has 0 saturated carbocycles. The summed E-state index contributed by atoms with van der Waals surface area (Å²) in [6.07, 6.45) is 2.66. The molecular formula is C11H11N3O2. The highest BCUT2D eigenvalue weighted by Gasteiger charge is 2.04. The standard InChI is InChI=1S/C11H11N3O2/c1-2-9-7-14(13-12-9)10-5-3-8(4-6-10)11(15)16/h3-7H,2H2,1H3,(H,15,16). The van der Waals surface area contributed by atoms with E-state index in [1.165, 1.54) is 0 Å². The van der Waals surface area contributed by atoms with Gasteiger partial charge in [0.1, 0.15) is 0 Å². The number of nitrogens with zero attached hydrogens (tertiary/aromatic N) is 3. The topological polar surface area (TPSA) is 68.0 Å². The third-order valence-corrected chi connectivity index (χ3v) is 2.28. The summed E-state index contributed by atoms with van der Waals surface area (Å²) in [6, 6.07) is 6.51. The summed E-state index contributed by atoms with van der Waals surface area (Å²) in [6.45, 7) is 2.00. The molecule has 0 radical (unpaired) electrons. The van der Waals surface area contributed by atoms with Crippen LogP contribution in [0, 0.1) is 0 Å². The minimum Gasteiger partial charge on any atom is -0.478 e. The van der Waals surface area contributed by atoms with Gasteiger partial charge in [-0.2, -0.15) is 0 Å². The van der Waals surface area contributed by atoms with Crippen molar-refractivity contribution in [1.29, 1.82) is 0 Å². The van der Waals surface area contributed by atoms with Crippen LogP contribution in [0.15, 0.2) is 30.5 Å². The van der Waals surface area contributed by atoms with E-state index in [2.05, 4.69) is 10.3 Å². The second kappa shape index (κ2) is 4.14. The predicted molar refractivity (Wildman–Crippen MR) is 57.7 cm³/mol. The zero-order valence-electron chi connectivity index (χ0n) is 8.79. The molecule has 1 aromatic heterocycles. The first-order valence-electron chi connectivity index (χ1n) is 4.95. The smallest absolute Gasteiger partial charge is 0.335 e. The number of hydrogen-bond donors (Lipinski definition) is 1. The van der Waals surface area contributed by atoms with E-state index in [-0.39, 0.29) is 5.56 Å². The van der Waals surface area contributed by atoms with Crippen LogP contribution in [0.1, 0.15) is 23.0 Å². The van der Waals surface area contributed by atoms with E-state index in [0.29, 0.717) is 0 Å². The van der Waals surface area contributed by atoms with Crippen molar-refractivity contribution in [3.05, 3.63) is 41.7 Å². The van der Waals surface area contributed by atoms with Crippen LogP contribution in [-0.2, 0) is 6.42 Å². The summed E-state index contributed by atoms with van der Waals surface area (Å²) in [5, 5.41) is 16.7. The molecule has 0 aliphatic carbocycles. The number of hydrogen-bond acceptors (Lipinski definition) is 3. The van der Waals surface area contributed by atoms with Crippen molar-refractivity contribution in [3.8, 4) is 5.69 Å². The maximum absolute atomic E-state index is 10.7. The van der Waals surface area contributed by atoms with Crippen molar-refractivity contribution in [3.63, 3.8) is 0 Å². The monoisotopic (exact) mass is 217 g/mol.